The highest BCUT2D eigenvalue weighted by Crippen LogP contribution is 2.43. The van der Waals surface area contributed by atoms with E-state index in [0.717, 1.165) is 44.4 Å². The minimum absolute atomic E-state index is 0.0220. The predicted octanol–water partition coefficient (Wildman–Crippen LogP) is 13.9. The molecule has 0 aliphatic heterocycles. The largest absolute Gasteiger partial charge is 0.456 e. The highest BCUT2D eigenvalue weighted by molar-refractivity contribution is 7.26. The summed E-state index contributed by atoms with van der Waals surface area (Å²) in [5, 5.41) is 1.95. The number of nitrogens with zero attached hydrogens (tertiary/aromatic N) is 4. The molecule has 0 radical (unpaired) electrons. The Labute approximate surface area is 344 Å². The topological polar surface area (TPSA) is 56.7 Å². The fourth-order valence-corrected chi connectivity index (χ4v) is 8.89. The summed E-state index contributed by atoms with van der Waals surface area (Å²) in [5.74, 6) is 0.351. The molecule has 0 bridgehead atoms. The Hall–Kier alpha value is -7.41. The average Bonchev–Trinajstić information content (AvgIpc) is 4.07. The molecule has 0 unspecified atom stereocenters. The molecule has 0 fully saturated rings. The maximum Gasteiger partial charge on any atom is 0.238 e. The van der Waals surface area contributed by atoms with Crippen LogP contribution in [0.15, 0.2) is 186 Å². The molecular formula is C51H30N4OS. The molecule has 8 aromatic carbocycles. The van der Waals surface area contributed by atoms with Crippen LogP contribution in [0.5, 0.6) is 0 Å². The predicted molar refractivity (Wildman–Crippen MR) is 236 cm³/mol. The van der Waals surface area contributed by atoms with Crippen molar-refractivity contribution in [1.82, 2.24) is 19.5 Å². The van der Waals surface area contributed by atoms with Gasteiger partial charge in [0, 0.05) is 48.1 Å². The number of hydrogen-bond donors (Lipinski definition) is 0. The van der Waals surface area contributed by atoms with Crippen molar-refractivity contribution >= 4 is 75.3 Å². The van der Waals surface area contributed by atoms with Gasteiger partial charge in [0.2, 0.25) is 5.95 Å². The first-order chi connectivity index (χ1) is 32.4. The van der Waals surface area contributed by atoms with Gasteiger partial charge >= 0.3 is 0 Å². The smallest absolute Gasteiger partial charge is 0.238 e. The molecule has 0 saturated heterocycles. The third kappa shape index (κ3) is 5.04. The quantitative estimate of drug-likeness (QED) is 0.175. The number of benzene rings is 8. The van der Waals surface area contributed by atoms with Crippen LogP contribution in [0.1, 0.15) is 13.7 Å². The van der Waals surface area contributed by atoms with E-state index >= 15 is 0 Å². The molecule has 0 spiro atoms. The Balaban J connectivity index is 1.21. The Morgan fingerprint density at radius 1 is 0.491 bits per heavy atom. The number of aromatic nitrogens is 4. The van der Waals surface area contributed by atoms with Crippen LogP contribution in [0.2, 0.25) is 0 Å². The molecule has 0 N–H and O–H groups in total. The summed E-state index contributed by atoms with van der Waals surface area (Å²) in [7, 11) is 0. The number of hydrogen-bond acceptors (Lipinski definition) is 5. The van der Waals surface area contributed by atoms with Gasteiger partial charge in [0.05, 0.1) is 29.4 Å². The monoisotopic (exact) mass is 756 g/mol. The molecule has 4 heterocycles. The summed E-state index contributed by atoms with van der Waals surface area (Å²) in [4.78, 5) is 15.2. The fourth-order valence-electron chi connectivity index (χ4n) is 7.78. The van der Waals surface area contributed by atoms with Crippen LogP contribution in [0, 0.1) is 0 Å². The molecular weight excluding hydrogens is 717 g/mol. The van der Waals surface area contributed by atoms with Gasteiger partial charge in [-0.2, -0.15) is 9.97 Å². The molecule has 57 heavy (non-hydrogen) atoms. The number of rotatable bonds is 5. The van der Waals surface area contributed by atoms with Gasteiger partial charge in [0.25, 0.3) is 0 Å². The van der Waals surface area contributed by atoms with Gasteiger partial charge in [-0.05, 0) is 58.6 Å². The SMILES string of the molecule is [2H]c1c([2H])c([2H])c2c(sc3c2c([2H])c([2H])c2c4c([2H])c([2H])c([2H])c([2H])c4n(-c4nc(-c5cccc(-c6ccccc6)c5)nc(-c5ccc6c(c5)oc5cccc(-c7ccccc7)c56)n4)c32)c1[2H]. The van der Waals surface area contributed by atoms with Gasteiger partial charge in [-0.1, -0.05) is 145 Å². The van der Waals surface area contributed by atoms with Crippen LogP contribution in [0.4, 0.5) is 0 Å². The number of fused-ring (bicyclic) bond motifs is 10. The molecule has 0 saturated carbocycles. The molecule has 6 heteroatoms. The summed E-state index contributed by atoms with van der Waals surface area (Å²) in [5.41, 5.74) is 6.40. The number of para-hydroxylation sites is 1. The van der Waals surface area contributed by atoms with E-state index in [1.165, 1.54) is 4.57 Å². The molecule has 266 valence electrons. The van der Waals surface area contributed by atoms with Crippen molar-refractivity contribution in [2.45, 2.75) is 0 Å². The minimum Gasteiger partial charge on any atom is -0.456 e. The first-order valence-corrected chi connectivity index (χ1v) is 19.0. The van der Waals surface area contributed by atoms with Crippen molar-refractivity contribution in [3.63, 3.8) is 0 Å². The van der Waals surface area contributed by atoms with Crippen LogP contribution < -0.4 is 0 Å². The lowest BCUT2D eigenvalue weighted by Crippen LogP contribution is -2.06. The average molecular weight is 757 g/mol. The molecule has 0 atom stereocenters. The van der Waals surface area contributed by atoms with Crippen LogP contribution in [0.25, 0.3) is 115 Å². The molecule has 0 aliphatic rings. The lowest BCUT2D eigenvalue weighted by molar-refractivity contribution is 0.669. The number of furan rings is 1. The summed E-state index contributed by atoms with van der Waals surface area (Å²) in [6.07, 6.45) is 0. The fraction of sp³-hybridized carbons (Fsp3) is 0. The van der Waals surface area contributed by atoms with Crippen LogP contribution in [-0.2, 0) is 0 Å². The maximum absolute atomic E-state index is 9.50. The van der Waals surface area contributed by atoms with Crippen molar-refractivity contribution in [2.75, 3.05) is 0 Å². The first kappa shape index (κ1) is 23.5. The van der Waals surface area contributed by atoms with Gasteiger partial charge in [-0.15, -0.1) is 11.3 Å². The van der Waals surface area contributed by atoms with E-state index in [1.807, 2.05) is 103 Å². The third-order valence-electron chi connectivity index (χ3n) is 10.4. The van der Waals surface area contributed by atoms with Crippen molar-refractivity contribution in [1.29, 1.82) is 0 Å². The second-order valence-corrected chi connectivity index (χ2v) is 14.7. The molecule has 5 nitrogen and oxygen atoms in total. The zero-order chi connectivity index (χ0) is 46.2. The van der Waals surface area contributed by atoms with Gasteiger partial charge < -0.3 is 4.42 Å². The summed E-state index contributed by atoms with van der Waals surface area (Å²) < 4.78 is 98.2. The highest BCUT2D eigenvalue weighted by atomic mass is 32.1. The standard InChI is InChI=1S/C51H30N4OS/c1-3-13-31(14-4-1)33-17-11-18-34(29-33)49-52-50(35-25-26-41-44(30-35)56-43-23-12-21-36(46(41)43)32-15-5-2-6-16-32)54-51(53-49)55-42-22-9-7-19-37(42)39-27-28-40-38-20-8-10-24-45(38)57-48(40)47(39)55/h1-30H/i7D,8D,9D,10D,19D,20D,22D,24D,27D,28D. The van der Waals surface area contributed by atoms with Crippen molar-refractivity contribution in [2.24, 2.45) is 0 Å². The lowest BCUT2D eigenvalue weighted by Gasteiger charge is -2.12. The Morgan fingerprint density at radius 3 is 2.02 bits per heavy atom. The molecule has 12 aromatic rings. The van der Waals surface area contributed by atoms with Crippen molar-refractivity contribution in [3.8, 4) is 51.0 Å². The highest BCUT2D eigenvalue weighted by Gasteiger charge is 2.22. The summed E-state index contributed by atoms with van der Waals surface area (Å²) >= 11 is 0.991. The van der Waals surface area contributed by atoms with E-state index in [9.17, 15) is 5.48 Å². The molecule has 12 rings (SSSR count). The van der Waals surface area contributed by atoms with E-state index in [0.29, 0.717) is 22.3 Å². The summed E-state index contributed by atoms with van der Waals surface area (Å²) in [6.45, 7) is 0. The van der Waals surface area contributed by atoms with Gasteiger partial charge in [-0.25, -0.2) is 4.98 Å². The lowest BCUT2D eigenvalue weighted by atomic mass is 9.99. The van der Waals surface area contributed by atoms with Crippen molar-refractivity contribution < 1.29 is 18.1 Å². The Kier molecular flexibility index (Phi) is 5.18. The minimum atomic E-state index is -0.540. The van der Waals surface area contributed by atoms with E-state index in [4.69, 9.17) is 27.6 Å². The van der Waals surface area contributed by atoms with Gasteiger partial charge in [0.15, 0.2) is 11.6 Å². The third-order valence-corrected chi connectivity index (χ3v) is 11.5. The molecule has 4 aromatic heterocycles. The van der Waals surface area contributed by atoms with Crippen LogP contribution in [-0.4, -0.2) is 19.5 Å². The van der Waals surface area contributed by atoms with Gasteiger partial charge in [-0.3, -0.25) is 4.57 Å². The van der Waals surface area contributed by atoms with E-state index in [1.54, 1.807) is 0 Å². The Morgan fingerprint density at radius 2 is 1.18 bits per heavy atom. The zero-order valence-electron chi connectivity index (χ0n) is 39.7. The van der Waals surface area contributed by atoms with Crippen LogP contribution >= 0.6 is 11.3 Å². The number of thiophene rings is 1. The van der Waals surface area contributed by atoms with Gasteiger partial charge in [0.1, 0.15) is 11.2 Å². The normalized spacial score (nSPS) is 14.3. The van der Waals surface area contributed by atoms with Crippen LogP contribution in [0.3, 0.4) is 0 Å². The second-order valence-electron chi connectivity index (χ2n) is 13.6. The zero-order valence-corrected chi connectivity index (χ0v) is 30.5. The van der Waals surface area contributed by atoms with Crippen molar-refractivity contribution in [3.05, 3.63) is 182 Å². The van der Waals surface area contributed by atoms with E-state index < -0.39 is 42.3 Å². The maximum atomic E-state index is 9.50. The first-order valence-electron chi connectivity index (χ1n) is 23.2. The summed E-state index contributed by atoms with van der Waals surface area (Å²) in [6, 6.07) is 34.8. The second kappa shape index (κ2) is 12.6. The molecule has 0 amide bonds. The van der Waals surface area contributed by atoms with E-state index in [-0.39, 0.29) is 77.7 Å². The Bertz CT molecular complexity index is 4120. The van der Waals surface area contributed by atoms with E-state index in [2.05, 4.69) is 18.2 Å². The molecule has 0 aliphatic carbocycles.